The molecule has 1 aromatic carbocycles. The lowest BCUT2D eigenvalue weighted by Gasteiger charge is -2.30. The van der Waals surface area contributed by atoms with Gasteiger partial charge in [-0.05, 0) is 43.4 Å². The van der Waals surface area contributed by atoms with E-state index in [-0.39, 0.29) is 4.90 Å². The topological polar surface area (TPSA) is 57.6 Å². The molecule has 106 valence electrons. The summed E-state index contributed by atoms with van der Waals surface area (Å²) in [4.78, 5) is 0.278. The minimum Gasteiger partial charge on any atom is -0.389 e. The van der Waals surface area contributed by atoms with Crippen LogP contribution in [0.25, 0.3) is 0 Å². The first-order valence-corrected chi connectivity index (χ1v) is 8.13. The van der Waals surface area contributed by atoms with Gasteiger partial charge in [0.15, 0.2) is 0 Å². The Morgan fingerprint density at radius 3 is 2.79 bits per heavy atom. The van der Waals surface area contributed by atoms with Crippen LogP contribution < -0.4 is 0 Å². The smallest absolute Gasteiger partial charge is 0.243 e. The van der Waals surface area contributed by atoms with E-state index in [0.29, 0.717) is 24.6 Å². The van der Waals surface area contributed by atoms with Gasteiger partial charge in [-0.1, -0.05) is 19.1 Å². The lowest BCUT2D eigenvalue weighted by molar-refractivity contribution is 0.199. The summed E-state index contributed by atoms with van der Waals surface area (Å²) in [5.41, 5.74) is 0.631. The van der Waals surface area contributed by atoms with Gasteiger partial charge in [0.05, 0.1) is 11.0 Å². The Morgan fingerprint density at radius 2 is 2.16 bits per heavy atom. The highest BCUT2D eigenvalue weighted by Gasteiger charge is 2.28. The number of hydrogen-bond acceptors (Lipinski definition) is 3. The molecule has 19 heavy (non-hydrogen) atoms. The molecule has 0 aliphatic carbocycles. The number of rotatable bonds is 3. The number of aliphatic hydroxyl groups is 1. The molecule has 0 bridgehead atoms. The molecule has 0 radical (unpaired) electrons. The average molecular weight is 283 g/mol. The van der Waals surface area contributed by atoms with Gasteiger partial charge in [0, 0.05) is 13.1 Å². The van der Waals surface area contributed by atoms with E-state index in [1.54, 1.807) is 35.5 Å². The van der Waals surface area contributed by atoms with Crippen LogP contribution in [-0.4, -0.2) is 30.9 Å². The van der Waals surface area contributed by atoms with E-state index in [1.807, 2.05) is 0 Å². The van der Waals surface area contributed by atoms with Crippen molar-refractivity contribution < 1.29 is 13.5 Å². The zero-order chi connectivity index (χ0) is 14.0. The molecule has 2 unspecified atom stereocenters. The minimum absolute atomic E-state index is 0.278. The number of nitrogens with zero attached hydrogens (tertiary/aromatic N) is 1. The third-order valence-electron chi connectivity index (χ3n) is 3.60. The van der Waals surface area contributed by atoms with Crippen molar-refractivity contribution >= 4 is 10.0 Å². The Bertz CT molecular complexity index is 539. The summed E-state index contributed by atoms with van der Waals surface area (Å²) in [6.07, 6.45) is 1.34. The van der Waals surface area contributed by atoms with Gasteiger partial charge in [0.25, 0.3) is 0 Å². The minimum atomic E-state index is -3.43. The fourth-order valence-corrected chi connectivity index (χ4v) is 4.10. The molecule has 0 aromatic heterocycles. The summed E-state index contributed by atoms with van der Waals surface area (Å²) in [7, 11) is -3.43. The zero-order valence-electron chi connectivity index (χ0n) is 11.4. The van der Waals surface area contributed by atoms with Gasteiger partial charge in [-0.25, -0.2) is 8.42 Å². The van der Waals surface area contributed by atoms with Crippen LogP contribution in [0.1, 0.15) is 38.4 Å². The second-order valence-electron chi connectivity index (χ2n) is 5.36. The van der Waals surface area contributed by atoms with Crippen LogP contribution in [0, 0.1) is 5.92 Å². The molecule has 1 saturated heterocycles. The standard InChI is InChI=1S/C14H21NO3S/c1-11-5-4-8-15(10-11)19(17,18)14-7-3-6-13(9-14)12(2)16/h3,6-7,9,11-12,16H,4-5,8,10H2,1-2H3. The number of aliphatic hydroxyl groups excluding tert-OH is 1. The molecular formula is C14H21NO3S. The summed E-state index contributed by atoms with van der Waals surface area (Å²) in [5, 5.41) is 9.56. The van der Waals surface area contributed by atoms with Gasteiger partial charge in [-0.2, -0.15) is 4.31 Å². The van der Waals surface area contributed by atoms with E-state index in [4.69, 9.17) is 0 Å². The molecule has 5 heteroatoms. The first kappa shape index (κ1) is 14.5. The number of benzene rings is 1. The molecule has 2 atom stereocenters. The van der Waals surface area contributed by atoms with E-state index >= 15 is 0 Å². The van der Waals surface area contributed by atoms with Gasteiger partial charge in [-0.15, -0.1) is 0 Å². The first-order chi connectivity index (χ1) is 8.91. The van der Waals surface area contributed by atoms with Gasteiger partial charge in [0.2, 0.25) is 10.0 Å². The molecule has 1 aliphatic rings. The molecule has 0 spiro atoms. The Hall–Kier alpha value is -0.910. The lowest BCUT2D eigenvalue weighted by Crippen LogP contribution is -2.39. The lowest BCUT2D eigenvalue weighted by atomic mass is 10.0. The molecule has 0 amide bonds. The maximum atomic E-state index is 12.6. The van der Waals surface area contributed by atoms with Gasteiger partial charge in [0.1, 0.15) is 0 Å². The van der Waals surface area contributed by atoms with Crippen molar-refractivity contribution in [1.29, 1.82) is 0 Å². The maximum Gasteiger partial charge on any atom is 0.243 e. The molecule has 4 nitrogen and oxygen atoms in total. The summed E-state index contributed by atoms with van der Waals surface area (Å²) >= 11 is 0. The second-order valence-corrected chi connectivity index (χ2v) is 7.30. The van der Waals surface area contributed by atoms with Crippen LogP contribution in [0.5, 0.6) is 0 Å². The molecule has 1 aromatic rings. The van der Waals surface area contributed by atoms with Crippen molar-refractivity contribution in [2.75, 3.05) is 13.1 Å². The fourth-order valence-electron chi connectivity index (χ4n) is 2.45. The van der Waals surface area contributed by atoms with Crippen molar-refractivity contribution in [3.05, 3.63) is 29.8 Å². The van der Waals surface area contributed by atoms with E-state index in [9.17, 15) is 13.5 Å². The van der Waals surface area contributed by atoms with Crippen molar-refractivity contribution in [2.24, 2.45) is 5.92 Å². The Kier molecular flexibility index (Phi) is 4.28. The van der Waals surface area contributed by atoms with Crippen LogP contribution in [0.4, 0.5) is 0 Å². The van der Waals surface area contributed by atoms with Crippen molar-refractivity contribution in [3.63, 3.8) is 0 Å². The largest absolute Gasteiger partial charge is 0.389 e. The monoisotopic (exact) mass is 283 g/mol. The van der Waals surface area contributed by atoms with Gasteiger partial charge >= 0.3 is 0 Å². The van der Waals surface area contributed by atoms with Gasteiger partial charge in [-0.3, -0.25) is 0 Å². The number of piperidine rings is 1. The van der Waals surface area contributed by atoms with Gasteiger partial charge < -0.3 is 5.11 Å². The highest BCUT2D eigenvalue weighted by molar-refractivity contribution is 7.89. The molecule has 2 rings (SSSR count). The van der Waals surface area contributed by atoms with Crippen molar-refractivity contribution in [1.82, 2.24) is 4.31 Å². The highest BCUT2D eigenvalue weighted by atomic mass is 32.2. The van der Waals surface area contributed by atoms with Crippen LogP contribution in [0.15, 0.2) is 29.2 Å². The third kappa shape index (κ3) is 3.16. The quantitative estimate of drug-likeness (QED) is 0.925. The average Bonchev–Trinajstić information content (AvgIpc) is 2.39. The maximum absolute atomic E-state index is 12.6. The molecular weight excluding hydrogens is 262 g/mol. The molecule has 0 saturated carbocycles. The Labute approximate surface area is 115 Å². The number of sulfonamides is 1. The first-order valence-electron chi connectivity index (χ1n) is 6.69. The molecule has 1 heterocycles. The molecule has 1 fully saturated rings. The summed E-state index contributed by atoms with van der Waals surface area (Å²) in [5.74, 6) is 0.406. The summed E-state index contributed by atoms with van der Waals surface area (Å²) in [6.45, 7) is 4.88. The SMILES string of the molecule is CC1CCCN(S(=O)(=O)c2cccc(C(C)O)c2)C1. The molecule has 1 aliphatic heterocycles. The van der Waals surface area contributed by atoms with E-state index in [2.05, 4.69) is 6.92 Å². The van der Waals surface area contributed by atoms with Crippen LogP contribution in [-0.2, 0) is 10.0 Å². The fraction of sp³-hybridized carbons (Fsp3) is 0.571. The Balaban J connectivity index is 2.31. The summed E-state index contributed by atoms with van der Waals surface area (Å²) in [6, 6.07) is 6.59. The van der Waals surface area contributed by atoms with Crippen LogP contribution in [0.2, 0.25) is 0 Å². The van der Waals surface area contributed by atoms with Crippen molar-refractivity contribution in [2.45, 2.75) is 37.7 Å². The predicted octanol–water partition coefficient (Wildman–Crippen LogP) is 2.16. The highest BCUT2D eigenvalue weighted by Crippen LogP contribution is 2.25. The zero-order valence-corrected chi connectivity index (χ0v) is 12.2. The Morgan fingerprint density at radius 1 is 1.42 bits per heavy atom. The van der Waals surface area contributed by atoms with Crippen LogP contribution >= 0.6 is 0 Å². The van der Waals surface area contributed by atoms with E-state index in [0.717, 1.165) is 12.8 Å². The number of hydrogen-bond donors (Lipinski definition) is 1. The normalized spacial score (nSPS) is 23.2. The predicted molar refractivity (Wildman–Crippen MR) is 74.2 cm³/mol. The van der Waals surface area contributed by atoms with Crippen molar-refractivity contribution in [3.8, 4) is 0 Å². The van der Waals surface area contributed by atoms with E-state index < -0.39 is 16.1 Å². The third-order valence-corrected chi connectivity index (χ3v) is 5.46. The van der Waals surface area contributed by atoms with Crippen LogP contribution in [0.3, 0.4) is 0 Å². The summed E-state index contributed by atoms with van der Waals surface area (Å²) < 4.78 is 26.7. The second kappa shape index (κ2) is 5.61. The molecule has 1 N–H and O–H groups in total. The van der Waals surface area contributed by atoms with E-state index in [1.165, 1.54) is 0 Å².